The molecule has 0 aromatic carbocycles. The molecule has 114 valence electrons. The molecular weight excluding hydrogens is 256 g/mol. The van der Waals surface area contributed by atoms with Gasteiger partial charge in [-0.15, -0.1) is 0 Å². The Kier molecular flexibility index (Phi) is 5.02. The van der Waals surface area contributed by atoms with Crippen molar-refractivity contribution in [3.63, 3.8) is 0 Å². The lowest BCUT2D eigenvalue weighted by Crippen LogP contribution is -2.46. The van der Waals surface area contributed by atoms with Crippen LogP contribution in [-0.2, 0) is 9.59 Å². The van der Waals surface area contributed by atoms with Crippen LogP contribution in [0.5, 0.6) is 0 Å². The molecular formula is C15H26N2O3. The maximum Gasteiger partial charge on any atom is 0.308 e. The van der Waals surface area contributed by atoms with Crippen molar-refractivity contribution in [2.45, 2.75) is 58.0 Å². The Morgan fingerprint density at radius 3 is 2.60 bits per heavy atom. The van der Waals surface area contributed by atoms with Crippen LogP contribution in [0.4, 0.5) is 0 Å². The molecule has 2 fully saturated rings. The van der Waals surface area contributed by atoms with Crippen LogP contribution < -0.4 is 10.6 Å². The molecule has 5 nitrogen and oxygen atoms in total. The Morgan fingerprint density at radius 2 is 1.95 bits per heavy atom. The molecule has 2 aliphatic rings. The largest absolute Gasteiger partial charge is 0.481 e. The van der Waals surface area contributed by atoms with Crippen LogP contribution in [0, 0.1) is 17.8 Å². The van der Waals surface area contributed by atoms with Crippen molar-refractivity contribution < 1.29 is 14.7 Å². The van der Waals surface area contributed by atoms with Gasteiger partial charge in [0.1, 0.15) is 0 Å². The standard InChI is InChI=1S/C15H26N2O3/c1-9(2)16-7-3-4-12(18)17-14-11-6-5-10(8-11)13(14)15(19)20/h9-11,13-14,16H,3-8H2,1-2H3,(H,17,18)(H,19,20). The van der Waals surface area contributed by atoms with Gasteiger partial charge in [-0.2, -0.15) is 0 Å². The average molecular weight is 282 g/mol. The van der Waals surface area contributed by atoms with E-state index in [1.165, 1.54) is 0 Å². The highest BCUT2D eigenvalue weighted by molar-refractivity contribution is 5.78. The maximum atomic E-state index is 12.0. The molecule has 0 aromatic rings. The van der Waals surface area contributed by atoms with Crippen LogP contribution in [-0.4, -0.2) is 35.6 Å². The summed E-state index contributed by atoms with van der Waals surface area (Å²) in [5.41, 5.74) is 0. The zero-order chi connectivity index (χ0) is 14.7. The lowest BCUT2D eigenvalue weighted by Gasteiger charge is -2.28. The monoisotopic (exact) mass is 282 g/mol. The van der Waals surface area contributed by atoms with E-state index in [0.717, 1.165) is 32.2 Å². The Morgan fingerprint density at radius 1 is 1.25 bits per heavy atom. The second kappa shape index (κ2) is 6.57. The average Bonchev–Trinajstić information content (AvgIpc) is 2.94. The number of carboxylic acids is 1. The van der Waals surface area contributed by atoms with Gasteiger partial charge >= 0.3 is 5.97 Å². The summed E-state index contributed by atoms with van der Waals surface area (Å²) >= 11 is 0. The molecule has 2 rings (SSSR count). The molecule has 2 aliphatic carbocycles. The van der Waals surface area contributed by atoms with Crippen LogP contribution in [0.1, 0.15) is 46.0 Å². The SMILES string of the molecule is CC(C)NCCCC(=O)NC1C2CCC(C2)C1C(=O)O. The molecule has 0 aromatic heterocycles. The van der Waals surface area contributed by atoms with Gasteiger partial charge in [0, 0.05) is 18.5 Å². The predicted molar refractivity (Wildman–Crippen MR) is 76.3 cm³/mol. The van der Waals surface area contributed by atoms with Crippen molar-refractivity contribution in [3.8, 4) is 0 Å². The second-order valence-corrected chi connectivity index (χ2v) is 6.50. The highest BCUT2D eigenvalue weighted by Gasteiger charge is 2.51. The lowest BCUT2D eigenvalue weighted by molar-refractivity contribution is -0.144. The number of hydrogen-bond acceptors (Lipinski definition) is 3. The summed E-state index contributed by atoms with van der Waals surface area (Å²) in [6, 6.07) is 0.289. The van der Waals surface area contributed by atoms with Crippen LogP contribution in [0.3, 0.4) is 0 Å². The third-order valence-electron chi connectivity index (χ3n) is 4.66. The van der Waals surface area contributed by atoms with E-state index in [1.807, 2.05) is 0 Å². The van der Waals surface area contributed by atoms with E-state index in [1.54, 1.807) is 0 Å². The third-order valence-corrected chi connectivity index (χ3v) is 4.66. The fraction of sp³-hybridized carbons (Fsp3) is 0.867. The topological polar surface area (TPSA) is 78.4 Å². The molecule has 0 aliphatic heterocycles. The fourth-order valence-electron chi connectivity index (χ4n) is 3.75. The first-order valence-electron chi connectivity index (χ1n) is 7.74. The van der Waals surface area contributed by atoms with E-state index in [-0.39, 0.29) is 23.8 Å². The molecule has 0 spiro atoms. The summed E-state index contributed by atoms with van der Waals surface area (Å²) in [7, 11) is 0. The third kappa shape index (κ3) is 3.51. The van der Waals surface area contributed by atoms with E-state index in [4.69, 9.17) is 0 Å². The molecule has 4 atom stereocenters. The maximum absolute atomic E-state index is 12.0. The van der Waals surface area contributed by atoms with Gasteiger partial charge < -0.3 is 15.7 Å². The molecule has 0 saturated heterocycles. The number of hydrogen-bond donors (Lipinski definition) is 3. The second-order valence-electron chi connectivity index (χ2n) is 6.50. The Hall–Kier alpha value is -1.10. The van der Waals surface area contributed by atoms with Crippen molar-refractivity contribution in [1.29, 1.82) is 0 Å². The summed E-state index contributed by atoms with van der Waals surface area (Å²) < 4.78 is 0. The minimum Gasteiger partial charge on any atom is -0.481 e. The van der Waals surface area contributed by atoms with Crippen LogP contribution in [0.15, 0.2) is 0 Å². The molecule has 4 unspecified atom stereocenters. The first-order chi connectivity index (χ1) is 9.49. The first-order valence-corrected chi connectivity index (χ1v) is 7.74. The van der Waals surface area contributed by atoms with Crippen molar-refractivity contribution in [2.24, 2.45) is 17.8 Å². The number of aliphatic carboxylic acids is 1. The number of amides is 1. The van der Waals surface area contributed by atoms with Crippen LogP contribution in [0.25, 0.3) is 0 Å². The smallest absolute Gasteiger partial charge is 0.308 e. The van der Waals surface area contributed by atoms with Gasteiger partial charge in [-0.1, -0.05) is 13.8 Å². The number of nitrogens with one attached hydrogen (secondary N) is 2. The Bertz CT molecular complexity index is 370. The van der Waals surface area contributed by atoms with Gasteiger partial charge in [0.15, 0.2) is 0 Å². The van der Waals surface area contributed by atoms with Crippen molar-refractivity contribution in [2.75, 3.05) is 6.54 Å². The van der Waals surface area contributed by atoms with E-state index < -0.39 is 5.97 Å². The number of fused-ring (bicyclic) bond motifs is 2. The predicted octanol–water partition coefficient (Wildman–Crippen LogP) is 1.38. The van der Waals surface area contributed by atoms with E-state index in [0.29, 0.717) is 18.4 Å². The summed E-state index contributed by atoms with van der Waals surface area (Å²) in [6.45, 7) is 4.98. The van der Waals surface area contributed by atoms with Gasteiger partial charge in [0.05, 0.1) is 5.92 Å². The van der Waals surface area contributed by atoms with Crippen LogP contribution in [0.2, 0.25) is 0 Å². The summed E-state index contributed by atoms with van der Waals surface area (Å²) in [5.74, 6) is -0.473. The minimum absolute atomic E-state index is 0.000596. The number of carboxylic acid groups (broad SMARTS) is 1. The number of rotatable bonds is 7. The molecule has 0 radical (unpaired) electrons. The Balaban J connectivity index is 1.77. The Labute approximate surface area is 120 Å². The highest BCUT2D eigenvalue weighted by Crippen LogP contribution is 2.48. The first kappa shape index (κ1) is 15.3. The minimum atomic E-state index is -0.746. The van der Waals surface area contributed by atoms with E-state index in [9.17, 15) is 14.7 Å². The zero-order valence-electron chi connectivity index (χ0n) is 12.4. The number of carbonyl (C=O) groups is 2. The normalized spacial score (nSPS) is 31.8. The quantitative estimate of drug-likeness (QED) is 0.616. The molecule has 5 heteroatoms. The zero-order valence-corrected chi connectivity index (χ0v) is 12.4. The summed E-state index contributed by atoms with van der Waals surface area (Å²) in [5, 5.41) is 15.6. The van der Waals surface area contributed by atoms with E-state index >= 15 is 0 Å². The molecule has 20 heavy (non-hydrogen) atoms. The molecule has 2 saturated carbocycles. The van der Waals surface area contributed by atoms with Crippen LogP contribution >= 0.6 is 0 Å². The molecule has 3 N–H and O–H groups in total. The molecule has 1 amide bonds. The summed E-state index contributed by atoms with van der Waals surface area (Å²) in [4.78, 5) is 23.3. The highest BCUT2D eigenvalue weighted by atomic mass is 16.4. The van der Waals surface area contributed by atoms with Crippen molar-refractivity contribution in [1.82, 2.24) is 10.6 Å². The van der Waals surface area contributed by atoms with Gasteiger partial charge in [-0.3, -0.25) is 9.59 Å². The van der Waals surface area contributed by atoms with Gasteiger partial charge in [-0.05, 0) is 44.1 Å². The lowest BCUT2D eigenvalue weighted by atomic mass is 9.84. The van der Waals surface area contributed by atoms with Gasteiger partial charge in [0.2, 0.25) is 5.91 Å². The van der Waals surface area contributed by atoms with Gasteiger partial charge in [0.25, 0.3) is 0 Å². The van der Waals surface area contributed by atoms with Gasteiger partial charge in [-0.25, -0.2) is 0 Å². The fourth-order valence-corrected chi connectivity index (χ4v) is 3.75. The van der Waals surface area contributed by atoms with E-state index in [2.05, 4.69) is 24.5 Å². The molecule has 0 heterocycles. The molecule has 2 bridgehead atoms. The van der Waals surface area contributed by atoms with Crippen molar-refractivity contribution >= 4 is 11.9 Å². The van der Waals surface area contributed by atoms with Crippen molar-refractivity contribution in [3.05, 3.63) is 0 Å². The summed E-state index contributed by atoms with van der Waals surface area (Å²) in [6.07, 6.45) is 4.31. The number of carbonyl (C=O) groups excluding carboxylic acids is 1.